The lowest BCUT2D eigenvalue weighted by Crippen LogP contribution is -2.40. The maximum atomic E-state index is 11.0. The van der Waals surface area contributed by atoms with Crippen LogP contribution in [0.2, 0.25) is 0 Å². The highest BCUT2D eigenvalue weighted by Crippen LogP contribution is 2.27. The van der Waals surface area contributed by atoms with E-state index < -0.39 is 4.92 Å². The second-order valence-corrected chi connectivity index (χ2v) is 5.28. The van der Waals surface area contributed by atoms with Crippen molar-refractivity contribution in [3.8, 4) is 5.75 Å². The van der Waals surface area contributed by atoms with Crippen LogP contribution in [0.3, 0.4) is 0 Å². The molecule has 7 nitrogen and oxygen atoms in total. The number of ether oxygens (including phenoxy) is 2. The van der Waals surface area contributed by atoms with Gasteiger partial charge in [0.05, 0.1) is 18.1 Å². The third-order valence-corrected chi connectivity index (χ3v) is 3.56. The van der Waals surface area contributed by atoms with Crippen molar-refractivity contribution < 1.29 is 14.4 Å². The first-order valence-electron chi connectivity index (χ1n) is 7.55. The van der Waals surface area contributed by atoms with Crippen LogP contribution in [0.4, 0.5) is 5.69 Å². The van der Waals surface area contributed by atoms with Crippen LogP contribution in [0.5, 0.6) is 5.75 Å². The van der Waals surface area contributed by atoms with E-state index >= 15 is 0 Å². The molecule has 0 radical (unpaired) electrons. The molecule has 0 spiro atoms. The topological polar surface area (TPSA) is 76.9 Å². The number of hydrogen-bond acceptors (Lipinski definition) is 6. The van der Waals surface area contributed by atoms with Crippen molar-refractivity contribution in [3.05, 3.63) is 33.9 Å². The first-order chi connectivity index (χ1) is 10.7. The fourth-order valence-corrected chi connectivity index (χ4v) is 2.31. The third kappa shape index (κ3) is 5.25. The zero-order chi connectivity index (χ0) is 15.8. The van der Waals surface area contributed by atoms with Gasteiger partial charge in [-0.05, 0) is 18.6 Å². The van der Waals surface area contributed by atoms with Gasteiger partial charge in [0.15, 0.2) is 5.75 Å². The average Bonchev–Trinajstić information content (AvgIpc) is 2.52. The van der Waals surface area contributed by atoms with Crippen molar-refractivity contribution >= 4 is 5.69 Å². The lowest BCUT2D eigenvalue weighted by molar-refractivity contribution is -0.385. The van der Waals surface area contributed by atoms with Crippen LogP contribution in [0.15, 0.2) is 18.2 Å². The van der Waals surface area contributed by atoms with Gasteiger partial charge in [-0.2, -0.15) is 0 Å². The van der Waals surface area contributed by atoms with Crippen molar-refractivity contribution in [2.75, 3.05) is 52.5 Å². The van der Waals surface area contributed by atoms with E-state index in [0.717, 1.165) is 45.0 Å². The zero-order valence-corrected chi connectivity index (χ0v) is 12.9. The van der Waals surface area contributed by atoms with Crippen LogP contribution < -0.4 is 10.1 Å². The van der Waals surface area contributed by atoms with Crippen LogP contribution in [0.1, 0.15) is 5.56 Å². The van der Waals surface area contributed by atoms with Gasteiger partial charge in [0.1, 0.15) is 6.61 Å². The van der Waals surface area contributed by atoms with Crippen LogP contribution in [0, 0.1) is 17.0 Å². The van der Waals surface area contributed by atoms with Crippen molar-refractivity contribution in [3.63, 3.8) is 0 Å². The standard InChI is InChI=1S/C15H23N3O4/c1-13-2-3-15(14(12-13)18(19)20)22-9-5-16-4-6-17-7-10-21-11-8-17/h2-3,12,16H,4-11H2,1H3. The Balaban J connectivity index is 1.65. The summed E-state index contributed by atoms with van der Waals surface area (Å²) in [5.41, 5.74) is 0.871. The number of benzene rings is 1. The van der Waals surface area contributed by atoms with E-state index in [4.69, 9.17) is 9.47 Å². The van der Waals surface area contributed by atoms with Crippen molar-refractivity contribution in [2.24, 2.45) is 0 Å². The number of aryl methyl sites for hydroxylation is 1. The molecule has 22 heavy (non-hydrogen) atoms. The van der Waals surface area contributed by atoms with Crippen LogP contribution in [0.25, 0.3) is 0 Å². The van der Waals surface area contributed by atoms with E-state index in [0.29, 0.717) is 18.9 Å². The molecule has 0 aromatic heterocycles. The van der Waals surface area contributed by atoms with E-state index in [1.54, 1.807) is 6.07 Å². The molecule has 1 aromatic rings. The SMILES string of the molecule is Cc1ccc(OCCNCCN2CCOCC2)c([N+](=O)[O-])c1. The molecule has 0 aliphatic carbocycles. The lowest BCUT2D eigenvalue weighted by Gasteiger charge is -2.26. The summed E-state index contributed by atoms with van der Waals surface area (Å²) < 4.78 is 10.8. The van der Waals surface area contributed by atoms with Gasteiger partial charge in [-0.1, -0.05) is 6.07 Å². The maximum absolute atomic E-state index is 11.0. The summed E-state index contributed by atoms with van der Waals surface area (Å²) in [5, 5.41) is 14.3. The molecule has 0 bridgehead atoms. The molecule has 0 amide bonds. The van der Waals surface area contributed by atoms with E-state index in [-0.39, 0.29) is 5.69 Å². The molecule has 1 aliphatic heterocycles. The fourth-order valence-electron chi connectivity index (χ4n) is 2.31. The minimum absolute atomic E-state index is 0.0216. The van der Waals surface area contributed by atoms with Gasteiger partial charge in [-0.3, -0.25) is 15.0 Å². The van der Waals surface area contributed by atoms with Gasteiger partial charge < -0.3 is 14.8 Å². The molecular weight excluding hydrogens is 286 g/mol. The fraction of sp³-hybridized carbons (Fsp3) is 0.600. The van der Waals surface area contributed by atoms with Crippen LogP contribution in [-0.4, -0.2) is 62.4 Å². The molecule has 0 atom stereocenters. The summed E-state index contributed by atoms with van der Waals surface area (Å²) in [6, 6.07) is 5.00. The van der Waals surface area contributed by atoms with Crippen molar-refractivity contribution in [2.45, 2.75) is 6.92 Å². The number of nitro groups is 1. The molecule has 1 N–H and O–H groups in total. The average molecular weight is 309 g/mol. The molecule has 0 saturated carbocycles. The largest absolute Gasteiger partial charge is 0.485 e. The number of morpholine rings is 1. The Morgan fingerprint density at radius 1 is 1.36 bits per heavy atom. The summed E-state index contributed by atoms with van der Waals surface area (Å²) in [5.74, 6) is 0.325. The minimum atomic E-state index is -0.409. The molecule has 1 aliphatic rings. The predicted octanol–water partition coefficient (Wildman–Crippen LogP) is 1.20. The summed E-state index contributed by atoms with van der Waals surface area (Å²) in [6.45, 7) is 8.32. The number of rotatable bonds is 8. The maximum Gasteiger partial charge on any atom is 0.311 e. The number of nitrogens with zero attached hydrogens (tertiary/aromatic N) is 2. The molecular formula is C15H23N3O4. The van der Waals surface area contributed by atoms with Gasteiger partial charge in [0.2, 0.25) is 0 Å². The minimum Gasteiger partial charge on any atom is -0.485 e. The van der Waals surface area contributed by atoms with Gasteiger partial charge in [-0.25, -0.2) is 0 Å². The van der Waals surface area contributed by atoms with E-state index in [1.165, 1.54) is 6.07 Å². The smallest absolute Gasteiger partial charge is 0.311 e. The molecule has 122 valence electrons. The summed E-state index contributed by atoms with van der Waals surface area (Å²) in [4.78, 5) is 12.9. The highest BCUT2D eigenvalue weighted by Gasteiger charge is 2.14. The Morgan fingerprint density at radius 2 is 2.14 bits per heavy atom. The Bertz CT molecular complexity index is 490. The summed E-state index contributed by atoms with van der Waals surface area (Å²) in [7, 11) is 0. The molecule has 1 saturated heterocycles. The number of nitro benzene ring substituents is 1. The van der Waals surface area contributed by atoms with Crippen LogP contribution in [-0.2, 0) is 4.74 Å². The first-order valence-corrected chi connectivity index (χ1v) is 7.55. The van der Waals surface area contributed by atoms with E-state index in [1.807, 2.05) is 13.0 Å². The highest BCUT2D eigenvalue weighted by atomic mass is 16.6. The van der Waals surface area contributed by atoms with Crippen molar-refractivity contribution in [1.82, 2.24) is 10.2 Å². The molecule has 1 aromatic carbocycles. The van der Waals surface area contributed by atoms with Crippen LogP contribution >= 0.6 is 0 Å². The third-order valence-electron chi connectivity index (χ3n) is 3.56. The summed E-state index contributed by atoms with van der Waals surface area (Å²) in [6.07, 6.45) is 0. The van der Waals surface area contributed by atoms with Gasteiger partial charge in [-0.15, -0.1) is 0 Å². The monoisotopic (exact) mass is 309 g/mol. The molecule has 0 unspecified atom stereocenters. The van der Waals surface area contributed by atoms with Crippen molar-refractivity contribution in [1.29, 1.82) is 0 Å². The number of nitrogens with one attached hydrogen (secondary N) is 1. The second kappa shape index (κ2) is 8.67. The Kier molecular flexibility index (Phi) is 6.57. The van der Waals surface area contributed by atoms with Gasteiger partial charge in [0, 0.05) is 38.8 Å². The predicted molar refractivity (Wildman–Crippen MR) is 83.5 cm³/mol. The second-order valence-electron chi connectivity index (χ2n) is 5.28. The highest BCUT2D eigenvalue weighted by molar-refractivity contribution is 5.48. The summed E-state index contributed by atoms with van der Waals surface area (Å²) >= 11 is 0. The zero-order valence-electron chi connectivity index (χ0n) is 12.9. The van der Waals surface area contributed by atoms with E-state index in [2.05, 4.69) is 10.2 Å². The lowest BCUT2D eigenvalue weighted by atomic mass is 10.2. The quantitative estimate of drug-likeness (QED) is 0.442. The molecule has 2 rings (SSSR count). The normalized spacial score (nSPS) is 15.7. The van der Waals surface area contributed by atoms with Gasteiger partial charge >= 0.3 is 5.69 Å². The molecule has 7 heteroatoms. The van der Waals surface area contributed by atoms with E-state index in [9.17, 15) is 10.1 Å². The molecule has 1 heterocycles. The van der Waals surface area contributed by atoms with Gasteiger partial charge in [0.25, 0.3) is 0 Å². The Labute approximate surface area is 130 Å². The Morgan fingerprint density at radius 3 is 2.86 bits per heavy atom. The number of hydrogen-bond donors (Lipinski definition) is 1. The first kappa shape index (κ1) is 16.7. The Hall–Kier alpha value is -1.70. The molecule has 1 fully saturated rings.